The maximum Gasteiger partial charge on any atom is 0.262 e. The van der Waals surface area contributed by atoms with Crippen LogP contribution >= 0.6 is 11.6 Å². The third-order valence-corrected chi connectivity index (χ3v) is 5.20. The van der Waals surface area contributed by atoms with Gasteiger partial charge in [-0.25, -0.2) is 8.42 Å². The fourth-order valence-corrected chi connectivity index (χ4v) is 3.65. The molecule has 1 aliphatic rings. The van der Waals surface area contributed by atoms with E-state index >= 15 is 0 Å². The largest absolute Gasteiger partial charge is 0.495 e. The van der Waals surface area contributed by atoms with Crippen LogP contribution in [0, 0.1) is 0 Å². The zero-order valence-corrected chi connectivity index (χ0v) is 15.1. The van der Waals surface area contributed by atoms with Gasteiger partial charge in [-0.15, -0.1) is 0 Å². The van der Waals surface area contributed by atoms with Gasteiger partial charge in [-0.1, -0.05) is 11.6 Å². The molecular weight excluding hydrogens is 370 g/mol. The number of methoxy groups -OCH3 is 2. The Hall–Kier alpha value is -2.32. The van der Waals surface area contributed by atoms with Crippen LogP contribution in [0.15, 0.2) is 35.2 Å². The number of sulfonamides is 1. The van der Waals surface area contributed by atoms with Crippen molar-refractivity contribution in [3.63, 3.8) is 0 Å². The van der Waals surface area contributed by atoms with Gasteiger partial charge in [-0.2, -0.15) is 0 Å². The van der Waals surface area contributed by atoms with Gasteiger partial charge in [-0.05, 0) is 18.2 Å². The van der Waals surface area contributed by atoms with Crippen LogP contribution in [0.25, 0.3) is 0 Å². The van der Waals surface area contributed by atoms with Crippen LogP contribution in [0.3, 0.4) is 0 Å². The average Bonchev–Trinajstić information content (AvgIpc) is 2.61. The van der Waals surface area contributed by atoms with Crippen molar-refractivity contribution >= 4 is 27.3 Å². The lowest BCUT2D eigenvalue weighted by atomic mass is 10.3. The quantitative estimate of drug-likeness (QED) is 0.852. The van der Waals surface area contributed by atoms with Gasteiger partial charge in [-0.3, -0.25) is 4.72 Å². The summed E-state index contributed by atoms with van der Waals surface area (Å²) in [6, 6.07) is 7.34. The number of nitrogens with one attached hydrogen (secondary N) is 1. The fraction of sp³-hybridized carbons (Fsp3) is 0.250. The predicted molar refractivity (Wildman–Crippen MR) is 92.8 cm³/mol. The van der Waals surface area contributed by atoms with Gasteiger partial charge in [0, 0.05) is 12.1 Å². The van der Waals surface area contributed by atoms with Crippen LogP contribution in [-0.2, 0) is 10.0 Å². The van der Waals surface area contributed by atoms with Gasteiger partial charge < -0.3 is 18.9 Å². The van der Waals surface area contributed by atoms with E-state index in [-0.39, 0.29) is 21.4 Å². The number of ether oxygens (including phenoxy) is 4. The van der Waals surface area contributed by atoms with E-state index in [0.29, 0.717) is 30.5 Å². The standard InChI is InChI=1S/C16H16ClNO6S/c1-21-14-9-15(22-2)12(8-11(14)17)18-25(19,20)10-3-4-13-16(7-10)24-6-5-23-13/h3-4,7-9,18H,5-6H2,1-2H3. The van der Waals surface area contributed by atoms with Crippen LogP contribution in [0.4, 0.5) is 5.69 Å². The highest BCUT2D eigenvalue weighted by atomic mass is 35.5. The van der Waals surface area contributed by atoms with E-state index in [2.05, 4.69) is 4.72 Å². The molecule has 3 rings (SSSR count). The minimum Gasteiger partial charge on any atom is -0.495 e. The van der Waals surface area contributed by atoms with Gasteiger partial charge in [0.1, 0.15) is 24.7 Å². The zero-order valence-electron chi connectivity index (χ0n) is 13.5. The lowest BCUT2D eigenvalue weighted by Gasteiger charge is -2.19. The van der Waals surface area contributed by atoms with E-state index in [1.54, 1.807) is 6.07 Å². The van der Waals surface area contributed by atoms with E-state index < -0.39 is 10.0 Å². The molecule has 0 radical (unpaired) electrons. The summed E-state index contributed by atoms with van der Waals surface area (Å²) in [6.45, 7) is 0.796. The summed E-state index contributed by atoms with van der Waals surface area (Å²) in [5.74, 6) is 1.55. The Morgan fingerprint density at radius 3 is 2.36 bits per heavy atom. The Balaban J connectivity index is 1.95. The third-order valence-electron chi connectivity index (χ3n) is 3.54. The first-order valence-corrected chi connectivity index (χ1v) is 9.14. The van der Waals surface area contributed by atoms with E-state index in [4.69, 9.17) is 30.5 Å². The Labute approximate surface area is 150 Å². The van der Waals surface area contributed by atoms with Crippen molar-refractivity contribution in [2.75, 3.05) is 32.2 Å². The number of hydrogen-bond donors (Lipinski definition) is 1. The van der Waals surface area contributed by atoms with Crippen LogP contribution in [0.2, 0.25) is 5.02 Å². The maximum atomic E-state index is 12.7. The molecule has 1 N–H and O–H groups in total. The van der Waals surface area contributed by atoms with Gasteiger partial charge in [0.15, 0.2) is 11.5 Å². The third kappa shape index (κ3) is 3.54. The first kappa shape index (κ1) is 17.5. The Morgan fingerprint density at radius 2 is 1.68 bits per heavy atom. The predicted octanol–water partition coefficient (Wildman–Crippen LogP) is 2.93. The number of benzene rings is 2. The molecule has 9 heteroatoms. The lowest BCUT2D eigenvalue weighted by molar-refractivity contribution is 0.171. The molecule has 0 fully saturated rings. The fourth-order valence-electron chi connectivity index (χ4n) is 2.33. The molecule has 25 heavy (non-hydrogen) atoms. The average molecular weight is 386 g/mol. The van der Waals surface area contributed by atoms with Gasteiger partial charge in [0.25, 0.3) is 10.0 Å². The summed E-state index contributed by atoms with van der Waals surface area (Å²) < 4.78 is 49.0. The molecule has 0 bridgehead atoms. The zero-order chi connectivity index (χ0) is 18.0. The Bertz CT molecular complexity index is 900. The highest BCUT2D eigenvalue weighted by molar-refractivity contribution is 7.92. The Morgan fingerprint density at radius 1 is 1.00 bits per heavy atom. The number of rotatable bonds is 5. The van der Waals surface area contributed by atoms with Gasteiger partial charge >= 0.3 is 0 Å². The van der Waals surface area contributed by atoms with E-state index in [0.717, 1.165) is 0 Å². The summed E-state index contributed by atoms with van der Waals surface area (Å²) in [7, 11) is -1.00. The maximum absolute atomic E-state index is 12.7. The summed E-state index contributed by atoms with van der Waals surface area (Å²) in [5.41, 5.74) is 0.197. The minimum absolute atomic E-state index is 0.0331. The van der Waals surface area contributed by atoms with Crippen molar-refractivity contribution < 1.29 is 27.4 Å². The monoisotopic (exact) mass is 385 g/mol. The molecule has 1 aliphatic heterocycles. The van der Waals surface area contributed by atoms with E-state index in [1.807, 2.05) is 0 Å². The molecular formula is C16H16ClNO6S. The first-order chi connectivity index (χ1) is 11.9. The molecule has 0 atom stereocenters. The number of anilines is 1. The highest BCUT2D eigenvalue weighted by Gasteiger charge is 2.21. The second-order valence-electron chi connectivity index (χ2n) is 5.10. The Kier molecular flexibility index (Phi) is 4.82. The first-order valence-electron chi connectivity index (χ1n) is 7.28. The molecule has 0 amide bonds. The molecule has 0 unspecified atom stereocenters. The smallest absolute Gasteiger partial charge is 0.262 e. The second kappa shape index (κ2) is 6.89. The molecule has 0 aliphatic carbocycles. The van der Waals surface area contributed by atoms with Gasteiger partial charge in [0.2, 0.25) is 0 Å². The molecule has 0 spiro atoms. The number of fused-ring (bicyclic) bond motifs is 1. The number of hydrogen-bond acceptors (Lipinski definition) is 6. The van der Waals surface area contributed by atoms with Crippen LogP contribution in [0.1, 0.15) is 0 Å². The molecule has 2 aromatic carbocycles. The summed E-state index contributed by atoms with van der Waals surface area (Å²) in [5, 5.41) is 0.253. The van der Waals surface area contributed by atoms with E-state index in [1.165, 1.54) is 38.5 Å². The van der Waals surface area contributed by atoms with Crippen LogP contribution < -0.4 is 23.7 Å². The van der Waals surface area contributed by atoms with Crippen LogP contribution in [-0.4, -0.2) is 35.9 Å². The second-order valence-corrected chi connectivity index (χ2v) is 7.19. The van der Waals surface area contributed by atoms with Gasteiger partial charge in [0.05, 0.1) is 29.8 Å². The normalized spacial score (nSPS) is 13.2. The number of halogens is 1. The van der Waals surface area contributed by atoms with Crippen molar-refractivity contribution in [2.45, 2.75) is 4.90 Å². The molecule has 7 nitrogen and oxygen atoms in total. The minimum atomic E-state index is -3.88. The molecule has 2 aromatic rings. The van der Waals surface area contributed by atoms with Crippen molar-refractivity contribution in [3.8, 4) is 23.0 Å². The molecule has 1 heterocycles. The molecule has 0 saturated carbocycles. The van der Waals surface area contributed by atoms with Crippen molar-refractivity contribution in [1.29, 1.82) is 0 Å². The van der Waals surface area contributed by atoms with Crippen molar-refractivity contribution in [1.82, 2.24) is 0 Å². The van der Waals surface area contributed by atoms with Crippen molar-refractivity contribution in [3.05, 3.63) is 35.4 Å². The van der Waals surface area contributed by atoms with E-state index in [9.17, 15) is 8.42 Å². The molecule has 0 saturated heterocycles. The lowest BCUT2D eigenvalue weighted by Crippen LogP contribution is -2.17. The van der Waals surface area contributed by atoms with Crippen molar-refractivity contribution in [2.24, 2.45) is 0 Å². The SMILES string of the molecule is COc1cc(OC)c(NS(=O)(=O)c2ccc3c(c2)OCCO3)cc1Cl. The summed E-state index contributed by atoms with van der Waals surface area (Å²) >= 11 is 6.08. The topological polar surface area (TPSA) is 83.1 Å². The summed E-state index contributed by atoms with van der Waals surface area (Å²) in [6.07, 6.45) is 0. The summed E-state index contributed by atoms with van der Waals surface area (Å²) in [4.78, 5) is 0.0331. The highest BCUT2D eigenvalue weighted by Crippen LogP contribution is 2.38. The van der Waals surface area contributed by atoms with Crippen LogP contribution in [0.5, 0.6) is 23.0 Å². The molecule has 0 aromatic heterocycles. The molecule has 134 valence electrons.